The van der Waals surface area contributed by atoms with Crippen molar-refractivity contribution < 1.29 is 9.59 Å². The molecule has 2 N–H and O–H groups in total. The van der Waals surface area contributed by atoms with Gasteiger partial charge in [0.15, 0.2) is 0 Å². The van der Waals surface area contributed by atoms with Crippen molar-refractivity contribution in [1.82, 2.24) is 10.3 Å². The molecule has 1 aromatic heterocycles. The van der Waals surface area contributed by atoms with Gasteiger partial charge in [0, 0.05) is 27.8 Å². The minimum atomic E-state index is -0.306. The van der Waals surface area contributed by atoms with Gasteiger partial charge in [0.25, 0.3) is 11.8 Å². The SMILES string of the molecule is CC1c2ccccc2-c2c3c(c4c([nH]c5ccccc54)c21)C(=O)NC3=O. The van der Waals surface area contributed by atoms with E-state index >= 15 is 0 Å². The quantitative estimate of drug-likeness (QED) is 0.469. The minimum absolute atomic E-state index is 0.158. The van der Waals surface area contributed by atoms with E-state index in [1.54, 1.807) is 0 Å². The normalized spacial score (nSPS) is 17.5. The third-order valence-corrected chi connectivity index (χ3v) is 5.81. The van der Waals surface area contributed by atoms with Gasteiger partial charge in [-0.15, -0.1) is 0 Å². The molecule has 6 rings (SSSR count). The van der Waals surface area contributed by atoms with E-state index in [-0.39, 0.29) is 17.7 Å². The average Bonchev–Trinajstić information content (AvgIpc) is 3.26. The van der Waals surface area contributed by atoms with Gasteiger partial charge < -0.3 is 4.98 Å². The zero-order valence-corrected chi connectivity index (χ0v) is 14.0. The molecule has 2 heterocycles. The number of hydrogen-bond donors (Lipinski definition) is 2. The molecule has 124 valence electrons. The van der Waals surface area contributed by atoms with Gasteiger partial charge >= 0.3 is 0 Å². The summed E-state index contributed by atoms with van der Waals surface area (Å²) < 4.78 is 0. The highest BCUT2D eigenvalue weighted by atomic mass is 16.2. The molecule has 4 nitrogen and oxygen atoms in total. The van der Waals surface area contributed by atoms with E-state index in [1.165, 1.54) is 5.56 Å². The number of aromatic amines is 1. The maximum atomic E-state index is 12.7. The average molecular weight is 338 g/mol. The Kier molecular flexibility index (Phi) is 2.35. The summed E-state index contributed by atoms with van der Waals surface area (Å²) in [6.07, 6.45) is 0. The van der Waals surface area contributed by atoms with Crippen LogP contribution in [-0.2, 0) is 0 Å². The van der Waals surface area contributed by atoms with E-state index in [0.717, 1.165) is 38.5 Å². The number of carbonyl (C=O) groups is 2. The molecular formula is C22H14N2O2. The molecule has 4 aromatic rings. The number of rotatable bonds is 0. The number of benzene rings is 3. The Labute approximate surface area is 148 Å². The number of H-pyrrole nitrogens is 1. The van der Waals surface area contributed by atoms with Crippen LogP contribution in [0.4, 0.5) is 0 Å². The van der Waals surface area contributed by atoms with Crippen LogP contribution in [0.3, 0.4) is 0 Å². The summed E-state index contributed by atoms with van der Waals surface area (Å²) in [6, 6.07) is 16.1. The summed E-state index contributed by atoms with van der Waals surface area (Å²) in [5.41, 5.74) is 7.25. The van der Waals surface area contributed by atoms with E-state index in [1.807, 2.05) is 42.5 Å². The van der Waals surface area contributed by atoms with Crippen LogP contribution in [-0.4, -0.2) is 16.8 Å². The van der Waals surface area contributed by atoms with Gasteiger partial charge in [-0.25, -0.2) is 0 Å². The summed E-state index contributed by atoms with van der Waals surface area (Å²) in [6.45, 7) is 2.16. The van der Waals surface area contributed by atoms with E-state index in [2.05, 4.69) is 23.3 Å². The third-order valence-electron chi connectivity index (χ3n) is 5.81. The van der Waals surface area contributed by atoms with E-state index in [0.29, 0.717) is 11.1 Å². The highest BCUT2D eigenvalue weighted by Crippen LogP contribution is 2.52. The zero-order chi connectivity index (χ0) is 17.6. The lowest BCUT2D eigenvalue weighted by atomic mass is 9.90. The topological polar surface area (TPSA) is 62.0 Å². The van der Waals surface area contributed by atoms with Crippen molar-refractivity contribution in [2.45, 2.75) is 12.8 Å². The van der Waals surface area contributed by atoms with Crippen molar-refractivity contribution in [3.8, 4) is 11.1 Å². The molecule has 0 saturated heterocycles. The largest absolute Gasteiger partial charge is 0.354 e. The summed E-state index contributed by atoms with van der Waals surface area (Å²) in [5, 5.41) is 4.35. The lowest BCUT2D eigenvalue weighted by Gasteiger charge is -2.11. The van der Waals surface area contributed by atoms with Crippen LogP contribution in [0.2, 0.25) is 0 Å². The van der Waals surface area contributed by atoms with Crippen LogP contribution in [0.1, 0.15) is 44.7 Å². The molecule has 1 unspecified atom stereocenters. The molecule has 0 bridgehead atoms. The molecule has 2 amide bonds. The summed E-state index contributed by atoms with van der Waals surface area (Å²) in [7, 11) is 0. The molecule has 1 aliphatic heterocycles. The molecule has 26 heavy (non-hydrogen) atoms. The fraction of sp³-hybridized carbons (Fsp3) is 0.0909. The van der Waals surface area contributed by atoms with Gasteiger partial charge in [-0.3, -0.25) is 14.9 Å². The Morgan fingerprint density at radius 1 is 0.846 bits per heavy atom. The zero-order valence-electron chi connectivity index (χ0n) is 14.0. The maximum absolute atomic E-state index is 12.7. The first kappa shape index (κ1) is 13.8. The van der Waals surface area contributed by atoms with Crippen LogP contribution in [0.25, 0.3) is 32.9 Å². The van der Waals surface area contributed by atoms with Crippen LogP contribution < -0.4 is 5.32 Å². The van der Waals surface area contributed by atoms with E-state index in [9.17, 15) is 9.59 Å². The van der Waals surface area contributed by atoms with Crippen molar-refractivity contribution in [3.63, 3.8) is 0 Å². The van der Waals surface area contributed by atoms with E-state index < -0.39 is 0 Å². The van der Waals surface area contributed by atoms with Gasteiger partial charge in [-0.1, -0.05) is 49.4 Å². The van der Waals surface area contributed by atoms with Crippen molar-refractivity contribution >= 4 is 33.6 Å². The lowest BCUT2D eigenvalue weighted by molar-refractivity contribution is 0.0880. The summed E-state index contributed by atoms with van der Waals surface area (Å²) in [4.78, 5) is 28.9. The molecule has 2 aliphatic rings. The Morgan fingerprint density at radius 2 is 1.58 bits per heavy atom. The number of hydrogen-bond acceptors (Lipinski definition) is 2. The number of carbonyl (C=O) groups excluding carboxylic acids is 2. The summed E-state index contributed by atoms with van der Waals surface area (Å²) in [5.74, 6) is -0.442. The molecule has 0 radical (unpaired) electrons. The van der Waals surface area contributed by atoms with Crippen molar-refractivity contribution in [2.75, 3.05) is 0 Å². The van der Waals surface area contributed by atoms with Crippen LogP contribution in [0.15, 0.2) is 48.5 Å². The first-order chi connectivity index (χ1) is 12.7. The molecular weight excluding hydrogens is 324 g/mol. The van der Waals surface area contributed by atoms with Gasteiger partial charge in [-0.2, -0.15) is 0 Å². The minimum Gasteiger partial charge on any atom is -0.354 e. The Balaban J connectivity index is 1.93. The van der Waals surface area contributed by atoms with Gasteiger partial charge in [0.1, 0.15) is 0 Å². The van der Waals surface area contributed by atoms with Crippen LogP contribution >= 0.6 is 0 Å². The Bertz CT molecular complexity index is 1310. The summed E-state index contributed by atoms with van der Waals surface area (Å²) >= 11 is 0. The van der Waals surface area contributed by atoms with Crippen molar-refractivity contribution in [3.05, 3.63) is 70.8 Å². The predicted octanol–water partition coefficient (Wildman–Crippen LogP) is 4.34. The van der Waals surface area contributed by atoms with E-state index in [4.69, 9.17) is 0 Å². The molecule has 1 aliphatic carbocycles. The Hall–Kier alpha value is -3.40. The Morgan fingerprint density at radius 3 is 2.46 bits per heavy atom. The third kappa shape index (κ3) is 1.42. The van der Waals surface area contributed by atoms with Crippen LogP contribution in [0, 0.1) is 0 Å². The fourth-order valence-electron chi connectivity index (χ4n) is 4.77. The standard InChI is InChI=1S/C22H14N2O2/c1-10-11-6-2-3-7-12(11)16-15(10)20-17(13-8-4-5-9-14(13)23-20)19-18(16)21(25)24-22(19)26/h2-10,23H,1H3,(H,24,25,26). The highest BCUT2D eigenvalue weighted by molar-refractivity contribution is 6.33. The predicted molar refractivity (Wildman–Crippen MR) is 101 cm³/mol. The first-order valence-electron chi connectivity index (χ1n) is 8.72. The molecule has 0 fully saturated rings. The lowest BCUT2D eigenvalue weighted by Crippen LogP contribution is -2.20. The van der Waals surface area contributed by atoms with Gasteiger partial charge in [-0.05, 0) is 22.8 Å². The van der Waals surface area contributed by atoms with Crippen LogP contribution in [0.5, 0.6) is 0 Å². The van der Waals surface area contributed by atoms with Crippen molar-refractivity contribution in [2.24, 2.45) is 0 Å². The molecule has 1 atom stereocenters. The first-order valence-corrected chi connectivity index (χ1v) is 8.72. The number of aromatic nitrogens is 1. The fourth-order valence-corrected chi connectivity index (χ4v) is 4.77. The molecule has 4 heteroatoms. The molecule has 3 aromatic carbocycles. The second-order valence-corrected chi connectivity index (χ2v) is 7.05. The van der Waals surface area contributed by atoms with Crippen molar-refractivity contribution in [1.29, 1.82) is 0 Å². The second kappa shape index (κ2) is 4.41. The molecule has 0 saturated carbocycles. The highest BCUT2D eigenvalue weighted by Gasteiger charge is 2.40. The number of fused-ring (bicyclic) bond motifs is 10. The second-order valence-electron chi connectivity index (χ2n) is 7.05. The number of nitrogens with one attached hydrogen (secondary N) is 2. The number of amides is 2. The van der Waals surface area contributed by atoms with Gasteiger partial charge in [0.05, 0.1) is 16.6 Å². The number of imide groups is 1. The molecule has 0 spiro atoms. The van der Waals surface area contributed by atoms with Gasteiger partial charge in [0.2, 0.25) is 0 Å². The monoisotopic (exact) mass is 338 g/mol. The maximum Gasteiger partial charge on any atom is 0.259 e. The number of para-hydroxylation sites is 1. The smallest absolute Gasteiger partial charge is 0.259 e.